The molecule has 0 heterocycles. The number of nitrogens with zero attached hydrogens (tertiary/aromatic N) is 1. The van der Waals surface area contributed by atoms with E-state index in [1.54, 1.807) is 0 Å². The summed E-state index contributed by atoms with van der Waals surface area (Å²) in [6, 6.07) is 10.7. The molecule has 1 aliphatic rings. The SMILES string of the molecule is CCCC1CC1NC(=NCC(CO)c1ccccc1)NCC. The van der Waals surface area contributed by atoms with E-state index in [0.29, 0.717) is 12.6 Å². The van der Waals surface area contributed by atoms with Crippen LogP contribution in [0.25, 0.3) is 0 Å². The zero-order chi connectivity index (χ0) is 15.8. The average Bonchev–Trinajstić information content (AvgIpc) is 3.27. The lowest BCUT2D eigenvalue weighted by atomic mass is 10.0. The Morgan fingerprint density at radius 1 is 1.32 bits per heavy atom. The maximum atomic E-state index is 9.62. The molecule has 0 aliphatic heterocycles. The number of hydrogen-bond acceptors (Lipinski definition) is 2. The smallest absolute Gasteiger partial charge is 0.191 e. The summed E-state index contributed by atoms with van der Waals surface area (Å²) in [5, 5.41) is 16.4. The Morgan fingerprint density at radius 3 is 2.73 bits per heavy atom. The van der Waals surface area contributed by atoms with Gasteiger partial charge in [0.2, 0.25) is 0 Å². The highest BCUT2D eigenvalue weighted by molar-refractivity contribution is 5.80. The monoisotopic (exact) mass is 303 g/mol. The van der Waals surface area contributed by atoms with Crippen molar-refractivity contribution >= 4 is 5.96 Å². The molecule has 4 nitrogen and oxygen atoms in total. The van der Waals surface area contributed by atoms with Crippen LogP contribution in [0.5, 0.6) is 0 Å². The Morgan fingerprint density at radius 2 is 2.09 bits per heavy atom. The van der Waals surface area contributed by atoms with Crippen molar-refractivity contribution < 1.29 is 5.11 Å². The molecular formula is C18H29N3O. The van der Waals surface area contributed by atoms with Crippen LogP contribution in [0, 0.1) is 5.92 Å². The van der Waals surface area contributed by atoms with Crippen LogP contribution in [0.3, 0.4) is 0 Å². The molecule has 1 aliphatic carbocycles. The molecule has 2 rings (SSSR count). The van der Waals surface area contributed by atoms with Crippen LogP contribution >= 0.6 is 0 Å². The quantitative estimate of drug-likeness (QED) is 0.511. The minimum absolute atomic E-state index is 0.0577. The molecule has 1 fully saturated rings. The highest BCUT2D eigenvalue weighted by atomic mass is 16.3. The number of guanidine groups is 1. The van der Waals surface area contributed by atoms with E-state index >= 15 is 0 Å². The van der Waals surface area contributed by atoms with Crippen LogP contribution in [-0.4, -0.2) is 36.8 Å². The topological polar surface area (TPSA) is 56.7 Å². The Labute approximate surface area is 134 Å². The lowest BCUT2D eigenvalue weighted by molar-refractivity contribution is 0.268. The molecule has 1 saturated carbocycles. The van der Waals surface area contributed by atoms with Gasteiger partial charge in [-0.2, -0.15) is 0 Å². The van der Waals surface area contributed by atoms with Gasteiger partial charge in [0.05, 0.1) is 13.2 Å². The number of hydrogen-bond donors (Lipinski definition) is 3. The average molecular weight is 303 g/mol. The Kier molecular flexibility index (Phi) is 6.72. The van der Waals surface area contributed by atoms with Crippen LogP contribution in [0.2, 0.25) is 0 Å². The first-order valence-corrected chi connectivity index (χ1v) is 8.49. The van der Waals surface area contributed by atoms with Gasteiger partial charge in [-0.15, -0.1) is 0 Å². The van der Waals surface area contributed by atoms with Crippen LogP contribution in [-0.2, 0) is 0 Å². The lowest BCUT2D eigenvalue weighted by Gasteiger charge is -2.15. The zero-order valence-electron chi connectivity index (χ0n) is 13.8. The maximum Gasteiger partial charge on any atom is 0.191 e. The number of benzene rings is 1. The van der Waals surface area contributed by atoms with E-state index in [2.05, 4.69) is 41.6 Å². The first-order chi connectivity index (χ1) is 10.8. The molecule has 3 N–H and O–H groups in total. The number of aliphatic hydroxyl groups excluding tert-OH is 1. The molecule has 0 aromatic heterocycles. The number of rotatable bonds is 8. The summed E-state index contributed by atoms with van der Waals surface area (Å²) in [5.41, 5.74) is 1.14. The fraction of sp³-hybridized carbons (Fsp3) is 0.611. The molecule has 22 heavy (non-hydrogen) atoms. The van der Waals surface area contributed by atoms with Gasteiger partial charge in [0.15, 0.2) is 5.96 Å². The van der Waals surface area contributed by atoms with Gasteiger partial charge in [-0.3, -0.25) is 4.99 Å². The van der Waals surface area contributed by atoms with Crippen molar-refractivity contribution in [3.8, 4) is 0 Å². The molecule has 1 aromatic carbocycles. The highest BCUT2D eigenvalue weighted by Gasteiger charge is 2.36. The highest BCUT2D eigenvalue weighted by Crippen LogP contribution is 2.34. The van der Waals surface area contributed by atoms with Gasteiger partial charge >= 0.3 is 0 Å². The van der Waals surface area contributed by atoms with E-state index in [1.165, 1.54) is 19.3 Å². The molecule has 122 valence electrons. The van der Waals surface area contributed by atoms with Crippen molar-refractivity contribution in [3.05, 3.63) is 35.9 Å². The van der Waals surface area contributed by atoms with Gasteiger partial charge in [-0.05, 0) is 31.2 Å². The van der Waals surface area contributed by atoms with Gasteiger partial charge in [-0.1, -0.05) is 43.7 Å². The molecule has 3 unspecified atom stereocenters. The summed E-state index contributed by atoms with van der Waals surface area (Å²) in [7, 11) is 0. The van der Waals surface area contributed by atoms with Gasteiger partial charge in [0, 0.05) is 18.5 Å². The summed E-state index contributed by atoms with van der Waals surface area (Å²) < 4.78 is 0. The third-order valence-electron chi connectivity index (χ3n) is 4.21. The van der Waals surface area contributed by atoms with Crippen LogP contribution in [0.1, 0.15) is 44.6 Å². The van der Waals surface area contributed by atoms with Crippen LogP contribution in [0.4, 0.5) is 0 Å². The number of nitrogens with one attached hydrogen (secondary N) is 2. The zero-order valence-corrected chi connectivity index (χ0v) is 13.8. The second-order valence-electron chi connectivity index (χ2n) is 6.05. The van der Waals surface area contributed by atoms with Crippen molar-refractivity contribution in [1.29, 1.82) is 0 Å². The van der Waals surface area contributed by atoms with Crippen molar-refractivity contribution in [3.63, 3.8) is 0 Å². The molecule has 0 radical (unpaired) electrons. The van der Waals surface area contributed by atoms with Crippen molar-refractivity contribution in [1.82, 2.24) is 10.6 Å². The molecule has 3 atom stereocenters. The Hall–Kier alpha value is -1.55. The summed E-state index contributed by atoms with van der Waals surface area (Å²) in [6.45, 7) is 5.89. The fourth-order valence-electron chi connectivity index (χ4n) is 2.81. The Balaban J connectivity index is 1.91. The van der Waals surface area contributed by atoms with E-state index < -0.39 is 0 Å². The normalized spacial score (nSPS) is 22.2. The largest absolute Gasteiger partial charge is 0.396 e. The standard InChI is InChI=1S/C18H29N3O/c1-3-8-15-11-17(15)21-18(19-4-2)20-12-16(13-22)14-9-6-5-7-10-14/h5-7,9-10,15-17,22H,3-4,8,11-13H2,1-2H3,(H2,19,20,21). The van der Waals surface area contributed by atoms with E-state index in [4.69, 9.17) is 0 Å². The van der Waals surface area contributed by atoms with Gasteiger partial charge in [-0.25, -0.2) is 0 Å². The molecule has 0 saturated heterocycles. The third kappa shape index (κ3) is 5.02. The fourth-order valence-corrected chi connectivity index (χ4v) is 2.81. The second-order valence-corrected chi connectivity index (χ2v) is 6.05. The summed E-state index contributed by atoms with van der Waals surface area (Å²) in [6.07, 6.45) is 3.79. The van der Waals surface area contributed by atoms with Gasteiger partial charge < -0.3 is 15.7 Å². The third-order valence-corrected chi connectivity index (χ3v) is 4.21. The second kappa shape index (κ2) is 8.79. The van der Waals surface area contributed by atoms with Crippen molar-refractivity contribution in [2.24, 2.45) is 10.9 Å². The minimum Gasteiger partial charge on any atom is -0.396 e. The molecule has 4 heteroatoms. The molecular weight excluding hydrogens is 274 g/mol. The minimum atomic E-state index is 0.0577. The Bertz CT molecular complexity index is 461. The first kappa shape index (κ1) is 16.8. The van der Waals surface area contributed by atoms with Gasteiger partial charge in [0.1, 0.15) is 0 Å². The molecule has 0 bridgehead atoms. The predicted molar refractivity (Wildman–Crippen MR) is 92.2 cm³/mol. The summed E-state index contributed by atoms with van der Waals surface area (Å²) in [4.78, 5) is 4.67. The molecule has 0 amide bonds. The van der Waals surface area contributed by atoms with Crippen molar-refractivity contribution in [2.45, 2.75) is 45.1 Å². The van der Waals surface area contributed by atoms with E-state index in [1.807, 2.05) is 18.2 Å². The predicted octanol–water partition coefficient (Wildman–Crippen LogP) is 2.51. The lowest BCUT2D eigenvalue weighted by Crippen LogP contribution is -2.39. The first-order valence-electron chi connectivity index (χ1n) is 8.49. The van der Waals surface area contributed by atoms with Gasteiger partial charge in [0.25, 0.3) is 0 Å². The van der Waals surface area contributed by atoms with E-state index in [9.17, 15) is 5.11 Å². The summed E-state index contributed by atoms with van der Waals surface area (Å²) in [5.74, 6) is 1.74. The van der Waals surface area contributed by atoms with Crippen LogP contribution in [0.15, 0.2) is 35.3 Å². The van der Waals surface area contributed by atoms with E-state index in [-0.39, 0.29) is 12.5 Å². The van der Waals surface area contributed by atoms with E-state index in [0.717, 1.165) is 24.0 Å². The summed E-state index contributed by atoms with van der Waals surface area (Å²) >= 11 is 0. The van der Waals surface area contributed by atoms with Crippen LogP contribution < -0.4 is 10.6 Å². The molecule has 1 aromatic rings. The number of aliphatic imine (C=N–C) groups is 1. The maximum absolute atomic E-state index is 9.62. The number of aliphatic hydroxyl groups is 1. The molecule has 0 spiro atoms. The van der Waals surface area contributed by atoms with Crippen molar-refractivity contribution in [2.75, 3.05) is 19.7 Å².